The van der Waals surface area contributed by atoms with E-state index in [2.05, 4.69) is 92.7 Å². The summed E-state index contributed by atoms with van der Waals surface area (Å²) < 4.78 is 0. The smallest absolute Gasteiger partial charge is 0.0134 e. The number of unbranched alkanes of at least 4 members (excludes halogenated alkanes) is 10. The fourth-order valence-electron chi connectivity index (χ4n) is 4.87. The first-order valence-electron chi connectivity index (χ1n) is 14.3. The van der Waals surface area contributed by atoms with Crippen molar-refractivity contribution in [3.8, 4) is 0 Å². The zero-order chi connectivity index (χ0) is 24.6. The monoisotopic (exact) mass is 486 g/mol. The second kappa shape index (κ2) is 16.7. The summed E-state index contributed by atoms with van der Waals surface area (Å²) in [6, 6.07) is 30.2. The lowest BCUT2D eigenvalue weighted by Crippen LogP contribution is -2.20. The van der Waals surface area contributed by atoms with Crippen molar-refractivity contribution in [2.24, 2.45) is 0 Å². The fraction of sp³-hybridized carbons (Fsp3) is 0.471. The van der Waals surface area contributed by atoms with Gasteiger partial charge in [-0.15, -0.1) is 0 Å². The van der Waals surface area contributed by atoms with Gasteiger partial charge in [-0.3, -0.25) is 0 Å². The van der Waals surface area contributed by atoms with Gasteiger partial charge in [-0.1, -0.05) is 157 Å². The molecule has 0 amide bonds. The quantitative estimate of drug-likeness (QED) is 0.132. The van der Waals surface area contributed by atoms with Gasteiger partial charge in [0.1, 0.15) is 0 Å². The van der Waals surface area contributed by atoms with Crippen LogP contribution in [0.3, 0.4) is 0 Å². The van der Waals surface area contributed by atoms with Crippen LogP contribution < -0.4 is 15.9 Å². The van der Waals surface area contributed by atoms with Crippen molar-refractivity contribution in [2.45, 2.75) is 104 Å². The van der Waals surface area contributed by atoms with Crippen molar-refractivity contribution >= 4 is 23.8 Å². The summed E-state index contributed by atoms with van der Waals surface area (Å²) >= 11 is 0. The summed E-state index contributed by atoms with van der Waals surface area (Å²) in [4.78, 5) is 0. The molecule has 0 fully saturated rings. The van der Waals surface area contributed by atoms with Gasteiger partial charge < -0.3 is 0 Å². The third-order valence-electron chi connectivity index (χ3n) is 7.04. The average molecular weight is 487 g/mol. The van der Waals surface area contributed by atoms with Crippen molar-refractivity contribution < 1.29 is 0 Å². The lowest BCUT2D eigenvalue weighted by atomic mass is 10.1. The van der Waals surface area contributed by atoms with Crippen LogP contribution in [0.15, 0.2) is 78.9 Å². The second-order valence-electron chi connectivity index (χ2n) is 10.0. The maximum atomic E-state index is 2.40. The summed E-state index contributed by atoms with van der Waals surface area (Å²) in [6.07, 6.45) is 18.8. The van der Waals surface area contributed by atoms with E-state index in [9.17, 15) is 0 Å². The summed E-state index contributed by atoms with van der Waals surface area (Å²) in [5.41, 5.74) is 2.98. The Bertz CT molecular complexity index is 852. The number of hydrogen-bond donors (Lipinski definition) is 0. The van der Waals surface area contributed by atoms with Crippen molar-refractivity contribution in [1.82, 2.24) is 0 Å². The van der Waals surface area contributed by atoms with Gasteiger partial charge in [0.15, 0.2) is 0 Å². The molecule has 0 radical (unpaired) electrons. The molecular weight excluding hydrogens is 439 g/mol. The van der Waals surface area contributed by atoms with Gasteiger partial charge in [-0.25, -0.2) is 0 Å². The van der Waals surface area contributed by atoms with Crippen molar-refractivity contribution in [3.05, 3.63) is 90.0 Å². The molecule has 0 spiro atoms. The summed E-state index contributed by atoms with van der Waals surface area (Å²) in [6.45, 7) is 4.58. The predicted molar refractivity (Wildman–Crippen MR) is 159 cm³/mol. The lowest BCUT2D eigenvalue weighted by Gasteiger charge is -2.20. The Hall–Kier alpha value is -1.91. The molecule has 3 aromatic rings. The summed E-state index contributed by atoms with van der Waals surface area (Å²) in [7, 11) is -0.517. The molecule has 0 unspecified atom stereocenters. The molecule has 0 aliphatic heterocycles. The SMILES string of the molecule is CCCCCCCCc1ccc(P(c2ccccc2)c2ccc(CCCCCCCC)cc2)cc1. The molecule has 3 aromatic carbocycles. The largest absolute Gasteiger partial charge is 0.0654 e. The Kier molecular flexibility index (Phi) is 13.2. The molecule has 0 bridgehead atoms. The topological polar surface area (TPSA) is 0 Å². The van der Waals surface area contributed by atoms with Crippen LogP contribution in [0.4, 0.5) is 0 Å². The Balaban J connectivity index is 1.62. The molecule has 0 aromatic heterocycles. The van der Waals surface area contributed by atoms with Crippen LogP contribution in [0.5, 0.6) is 0 Å². The van der Waals surface area contributed by atoms with Gasteiger partial charge in [0.2, 0.25) is 0 Å². The van der Waals surface area contributed by atoms with Crippen LogP contribution in [0.1, 0.15) is 102 Å². The molecule has 0 N–H and O–H groups in total. The molecule has 0 atom stereocenters. The van der Waals surface area contributed by atoms with E-state index in [1.54, 1.807) is 0 Å². The molecule has 1 heteroatoms. The van der Waals surface area contributed by atoms with Crippen LogP contribution in [-0.4, -0.2) is 0 Å². The number of rotatable bonds is 17. The maximum Gasteiger partial charge on any atom is -0.0134 e. The highest BCUT2D eigenvalue weighted by molar-refractivity contribution is 7.79. The molecule has 0 aliphatic rings. The van der Waals surface area contributed by atoms with E-state index in [0.29, 0.717) is 0 Å². The van der Waals surface area contributed by atoms with Gasteiger partial charge in [0, 0.05) is 0 Å². The van der Waals surface area contributed by atoms with E-state index in [1.807, 2.05) is 0 Å². The minimum absolute atomic E-state index is 0.517. The van der Waals surface area contributed by atoms with Crippen molar-refractivity contribution in [3.63, 3.8) is 0 Å². The molecule has 0 saturated heterocycles. The fourth-order valence-corrected chi connectivity index (χ4v) is 7.13. The average Bonchev–Trinajstić information content (AvgIpc) is 2.90. The van der Waals surface area contributed by atoms with Gasteiger partial charge in [-0.2, -0.15) is 0 Å². The highest BCUT2D eigenvalue weighted by Gasteiger charge is 2.16. The Morgan fingerprint density at radius 3 is 1.20 bits per heavy atom. The van der Waals surface area contributed by atoms with Gasteiger partial charge in [0.05, 0.1) is 0 Å². The first kappa shape index (κ1) is 27.7. The van der Waals surface area contributed by atoms with E-state index >= 15 is 0 Å². The predicted octanol–water partition coefficient (Wildman–Crippen LogP) is 9.25. The van der Waals surface area contributed by atoms with Crippen LogP contribution in [0.25, 0.3) is 0 Å². The van der Waals surface area contributed by atoms with Gasteiger partial charge in [0.25, 0.3) is 0 Å². The van der Waals surface area contributed by atoms with Crippen LogP contribution >= 0.6 is 7.92 Å². The third kappa shape index (κ3) is 9.93. The Labute approximate surface area is 217 Å². The van der Waals surface area contributed by atoms with E-state index in [0.717, 1.165) is 0 Å². The third-order valence-corrected chi connectivity index (χ3v) is 9.49. The van der Waals surface area contributed by atoms with Crippen molar-refractivity contribution in [1.29, 1.82) is 0 Å². The highest BCUT2D eigenvalue weighted by Crippen LogP contribution is 2.33. The minimum atomic E-state index is -0.517. The molecule has 0 saturated carbocycles. The van der Waals surface area contributed by atoms with E-state index in [4.69, 9.17) is 0 Å². The zero-order valence-corrected chi connectivity index (χ0v) is 23.2. The van der Waals surface area contributed by atoms with Crippen LogP contribution in [0, 0.1) is 0 Å². The van der Waals surface area contributed by atoms with E-state index in [-0.39, 0.29) is 0 Å². The molecule has 35 heavy (non-hydrogen) atoms. The molecule has 0 heterocycles. The normalized spacial score (nSPS) is 11.3. The molecule has 188 valence electrons. The highest BCUT2D eigenvalue weighted by atomic mass is 31.1. The summed E-state index contributed by atoms with van der Waals surface area (Å²) in [5.74, 6) is 0. The van der Waals surface area contributed by atoms with Gasteiger partial charge in [-0.05, 0) is 60.6 Å². The number of benzene rings is 3. The second-order valence-corrected chi connectivity index (χ2v) is 12.3. The zero-order valence-electron chi connectivity index (χ0n) is 22.4. The van der Waals surface area contributed by atoms with Crippen LogP contribution in [-0.2, 0) is 12.8 Å². The molecule has 0 aliphatic carbocycles. The minimum Gasteiger partial charge on any atom is -0.0654 e. The molecule has 0 nitrogen and oxygen atoms in total. The first-order valence-corrected chi connectivity index (χ1v) is 15.7. The van der Waals surface area contributed by atoms with Crippen molar-refractivity contribution in [2.75, 3.05) is 0 Å². The first-order chi connectivity index (χ1) is 17.3. The maximum absolute atomic E-state index is 2.40. The lowest BCUT2D eigenvalue weighted by molar-refractivity contribution is 0.607. The molecular formula is C34H47P. The van der Waals surface area contributed by atoms with Gasteiger partial charge >= 0.3 is 0 Å². The molecule has 3 rings (SSSR count). The van der Waals surface area contributed by atoms with Crippen LogP contribution in [0.2, 0.25) is 0 Å². The standard InChI is InChI=1S/C34H47P/c1-3-5-7-9-11-14-18-30-22-26-33(27-23-30)35(32-20-16-13-17-21-32)34-28-24-31(25-29-34)19-15-12-10-8-6-4-2/h13,16-17,20-29H,3-12,14-15,18-19H2,1-2H3. The number of aryl methyl sites for hydroxylation is 2. The number of hydrogen-bond acceptors (Lipinski definition) is 0. The van der Waals surface area contributed by atoms with E-state index in [1.165, 1.54) is 117 Å². The van der Waals surface area contributed by atoms with E-state index < -0.39 is 7.92 Å². The Morgan fingerprint density at radius 1 is 0.400 bits per heavy atom. The summed E-state index contributed by atoms with van der Waals surface area (Å²) in [5, 5.41) is 4.36. The Morgan fingerprint density at radius 2 is 0.771 bits per heavy atom.